The van der Waals surface area contributed by atoms with Crippen molar-refractivity contribution in [1.29, 1.82) is 0 Å². The van der Waals surface area contributed by atoms with Crippen LogP contribution in [0.1, 0.15) is 30.3 Å². The molecule has 118 valence electrons. The predicted octanol–water partition coefficient (Wildman–Crippen LogP) is 0.124. The van der Waals surface area contributed by atoms with Crippen molar-refractivity contribution in [3.63, 3.8) is 0 Å². The van der Waals surface area contributed by atoms with E-state index in [4.69, 9.17) is 0 Å². The predicted molar refractivity (Wildman–Crippen MR) is 76.6 cm³/mol. The van der Waals surface area contributed by atoms with Crippen molar-refractivity contribution in [1.82, 2.24) is 15.0 Å². The molecule has 10 heteroatoms. The summed E-state index contributed by atoms with van der Waals surface area (Å²) in [6, 6.07) is 0. The van der Waals surface area contributed by atoms with Gasteiger partial charge >= 0.3 is 5.97 Å². The first-order chi connectivity index (χ1) is 9.92. The van der Waals surface area contributed by atoms with E-state index in [0.717, 1.165) is 24.9 Å². The molecule has 21 heavy (non-hydrogen) atoms. The molecule has 1 heterocycles. The molecule has 0 saturated carbocycles. The quantitative estimate of drug-likeness (QED) is 0.652. The van der Waals surface area contributed by atoms with Gasteiger partial charge in [-0.25, -0.2) is 22.9 Å². The molecule has 0 fully saturated rings. The van der Waals surface area contributed by atoms with Gasteiger partial charge in [0.15, 0.2) is 9.90 Å². The van der Waals surface area contributed by atoms with Crippen molar-refractivity contribution in [3.05, 3.63) is 11.2 Å². The number of rotatable bonds is 8. The van der Waals surface area contributed by atoms with Gasteiger partial charge in [0, 0.05) is 19.5 Å². The Balaban J connectivity index is 2.64. The van der Waals surface area contributed by atoms with Gasteiger partial charge in [0.2, 0.25) is 5.91 Å². The summed E-state index contributed by atoms with van der Waals surface area (Å²) in [6.45, 7) is 2.41. The maximum Gasteiger partial charge on any atom is 0.358 e. The van der Waals surface area contributed by atoms with E-state index in [2.05, 4.69) is 19.8 Å². The molecule has 1 rings (SSSR count). The van der Waals surface area contributed by atoms with Gasteiger partial charge in [-0.05, 0) is 6.42 Å². The van der Waals surface area contributed by atoms with Crippen LogP contribution in [0.5, 0.6) is 0 Å². The van der Waals surface area contributed by atoms with E-state index in [1.54, 1.807) is 0 Å². The van der Waals surface area contributed by atoms with E-state index < -0.39 is 16.0 Å². The molecule has 8 nitrogen and oxygen atoms in total. The highest BCUT2D eigenvalue weighted by Crippen LogP contribution is 2.20. The van der Waals surface area contributed by atoms with Crippen molar-refractivity contribution in [2.24, 2.45) is 0 Å². The summed E-state index contributed by atoms with van der Waals surface area (Å²) >= 11 is 0.810. The third-order valence-corrected chi connectivity index (χ3v) is 5.20. The maximum absolute atomic E-state index is 12.0. The van der Waals surface area contributed by atoms with Gasteiger partial charge in [0.05, 0.1) is 12.6 Å². The number of thiazole rings is 1. The highest BCUT2D eigenvalue weighted by atomic mass is 32.2. The number of amides is 1. The average Bonchev–Trinajstić information content (AvgIpc) is 2.94. The number of methoxy groups -OCH3 is 1. The highest BCUT2D eigenvalue weighted by molar-refractivity contribution is 7.91. The number of aromatic nitrogens is 1. The zero-order chi connectivity index (χ0) is 15.9. The fraction of sp³-hybridized carbons (Fsp3) is 0.545. The first-order valence-corrected chi connectivity index (χ1v) is 8.56. The zero-order valence-electron chi connectivity index (χ0n) is 11.7. The Morgan fingerprint density at radius 3 is 2.71 bits per heavy atom. The minimum absolute atomic E-state index is 0.0194. The maximum atomic E-state index is 12.0. The number of hydrogen-bond donors (Lipinski definition) is 2. The summed E-state index contributed by atoms with van der Waals surface area (Å²) in [5.41, 5.74) is 0.986. The normalized spacial score (nSPS) is 11.1. The minimum Gasteiger partial charge on any atom is -0.464 e. The number of nitrogens with zero attached hydrogens (tertiary/aromatic N) is 1. The van der Waals surface area contributed by atoms with Crippen molar-refractivity contribution < 1.29 is 22.7 Å². The molecule has 1 aromatic heterocycles. The Bertz CT molecular complexity index is 597. The van der Waals surface area contributed by atoms with Crippen LogP contribution in [0.2, 0.25) is 0 Å². The molecule has 1 aromatic rings. The van der Waals surface area contributed by atoms with Crippen molar-refractivity contribution in [2.75, 3.05) is 20.2 Å². The molecule has 0 bridgehead atoms. The molecule has 0 spiro atoms. The number of esters is 1. The third kappa shape index (κ3) is 5.06. The van der Waals surface area contributed by atoms with E-state index in [0.29, 0.717) is 6.54 Å². The summed E-state index contributed by atoms with van der Waals surface area (Å²) in [6.07, 6.45) is 0.826. The summed E-state index contributed by atoms with van der Waals surface area (Å²) in [4.78, 5) is 26.5. The molecular formula is C11H17N3O5S2. The van der Waals surface area contributed by atoms with Crippen LogP contribution < -0.4 is 10.0 Å². The van der Waals surface area contributed by atoms with Gasteiger partial charge in [-0.2, -0.15) is 0 Å². The SMILES string of the molecule is CCCNC(=O)CCNS(=O)(=O)c1scnc1C(=O)OC. The zero-order valence-corrected chi connectivity index (χ0v) is 13.3. The largest absolute Gasteiger partial charge is 0.464 e. The summed E-state index contributed by atoms with van der Waals surface area (Å²) < 4.78 is 30.6. The van der Waals surface area contributed by atoms with Crippen LogP contribution in [0.3, 0.4) is 0 Å². The lowest BCUT2D eigenvalue weighted by Crippen LogP contribution is -2.31. The first kappa shape index (κ1) is 17.5. The number of sulfonamides is 1. The number of nitrogens with one attached hydrogen (secondary N) is 2. The Kier molecular flexibility index (Phi) is 6.72. The Morgan fingerprint density at radius 2 is 2.10 bits per heavy atom. The number of carbonyl (C=O) groups is 2. The second-order valence-corrected chi connectivity index (χ2v) is 6.79. The van der Waals surface area contributed by atoms with Crippen molar-refractivity contribution >= 4 is 33.2 Å². The smallest absolute Gasteiger partial charge is 0.358 e. The minimum atomic E-state index is -3.89. The lowest BCUT2D eigenvalue weighted by molar-refractivity contribution is -0.120. The van der Waals surface area contributed by atoms with Gasteiger partial charge in [0.1, 0.15) is 0 Å². The number of carbonyl (C=O) groups excluding carboxylic acids is 2. The monoisotopic (exact) mass is 335 g/mol. The summed E-state index contributed by atoms with van der Waals surface area (Å²) in [5, 5.41) is 2.63. The van der Waals surface area contributed by atoms with Gasteiger partial charge in [-0.15, -0.1) is 11.3 Å². The van der Waals surface area contributed by atoms with Crippen LogP contribution in [-0.2, 0) is 19.6 Å². The van der Waals surface area contributed by atoms with E-state index in [1.807, 2.05) is 6.92 Å². The fourth-order valence-corrected chi connectivity index (χ4v) is 3.58. The molecule has 0 aliphatic heterocycles. The molecule has 0 unspecified atom stereocenters. The molecular weight excluding hydrogens is 318 g/mol. The fourth-order valence-electron chi connectivity index (χ4n) is 1.38. The molecule has 0 saturated heterocycles. The van der Waals surface area contributed by atoms with E-state index in [9.17, 15) is 18.0 Å². The molecule has 0 aromatic carbocycles. The van der Waals surface area contributed by atoms with Gasteiger partial charge < -0.3 is 10.1 Å². The average molecular weight is 335 g/mol. The highest BCUT2D eigenvalue weighted by Gasteiger charge is 2.26. The van der Waals surface area contributed by atoms with Gasteiger partial charge in [-0.1, -0.05) is 6.92 Å². The van der Waals surface area contributed by atoms with Crippen LogP contribution in [0.4, 0.5) is 0 Å². The van der Waals surface area contributed by atoms with Gasteiger partial charge in [-0.3, -0.25) is 4.79 Å². The molecule has 0 atom stereocenters. The first-order valence-electron chi connectivity index (χ1n) is 6.20. The molecule has 0 aliphatic carbocycles. The molecule has 0 radical (unpaired) electrons. The summed E-state index contributed by atoms with van der Waals surface area (Å²) in [7, 11) is -2.75. The van der Waals surface area contributed by atoms with E-state index >= 15 is 0 Å². The number of hydrogen-bond acceptors (Lipinski definition) is 7. The van der Waals surface area contributed by atoms with Crippen LogP contribution in [0, 0.1) is 0 Å². The molecule has 0 aliphatic rings. The van der Waals surface area contributed by atoms with Crippen LogP contribution in [0.15, 0.2) is 9.72 Å². The number of ether oxygens (including phenoxy) is 1. The second-order valence-electron chi connectivity index (χ2n) is 3.98. The van der Waals surface area contributed by atoms with E-state index in [1.165, 1.54) is 5.51 Å². The Labute approximate surface area is 127 Å². The Morgan fingerprint density at radius 1 is 1.38 bits per heavy atom. The van der Waals surface area contributed by atoms with Gasteiger partial charge in [0.25, 0.3) is 10.0 Å². The van der Waals surface area contributed by atoms with Crippen LogP contribution in [-0.4, -0.2) is 45.5 Å². The van der Waals surface area contributed by atoms with E-state index in [-0.39, 0.29) is 28.8 Å². The van der Waals surface area contributed by atoms with Crippen LogP contribution >= 0.6 is 11.3 Å². The van der Waals surface area contributed by atoms with Crippen molar-refractivity contribution in [3.8, 4) is 0 Å². The standard InChI is InChI=1S/C11H17N3O5S2/c1-3-5-12-8(15)4-6-14-21(17,18)11-9(10(16)19-2)13-7-20-11/h7,14H,3-6H2,1-2H3,(H,12,15). The lowest BCUT2D eigenvalue weighted by Gasteiger charge is -2.06. The lowest BCUT2D eigenvalue weighted by atomic mass is 10.4. The second kappa shape index (κ2) is 8.05. The van der Waals surface area contributed by atoms with Crippen molar-refractivity contribution in [2.45, 2.75) is 24.0 Å². The molecule has 2 N–H and O–H groups in total. The molecule has 1 amide bonds. The third-order valence-electron chi connectivity index (χ3n) is 2.37. The van der Waals surface area contributed by atoms with Crippen LogP contribution in [0.25, 0.3) is 0 Å². The Hall–Kier alpha value is -1.52. The topological polar surface area (TPSA) is 114 Å². The summed E-state index contributed by atoms with van der Waals surface area (Å²) in [5.74, 6) is -1.06.